The number of methoxy groups -OCH3 is 1. The third kappa shape index (κ3) is 1.68. The van der Waals surface area contributed by atoms with Gasteiger partial charge in [0, 0.05) is 19.1 Å². The van der Waals surface area contributed by atoms with E-state index in [1.165, 1.54) is 7.11 Å². The predicted octanol–water partition coefficient (Wildman–Crippen LogP) is -1.20. The maximum Gasteiger partial charge on any atom is 0.319 e. The Morgan fingerprint density at radius 1 is 1.80 bits per heavy atom. The molecule has 4 heteroatoms. The lowest BCUT2D eigenvalue weighted by atomic mass is 10.1. The van der Waals surface area contributed by atoms with E-state index in [0.717, 1.165) is 13.1 Å². The van der Waals surface area contributed by atoms with Crippen molar-refractivity contribution in [2.45, 2.75) is 6.04 Å². The highest BCUT2D eigenvalue weighted by atomic mass is 16.5. The molecule has 0 aromatic carbocycles. The van der Waals surface area contributed by atoms with Gasteiger partial charge in [-0.05, 0) is 0 Å². The van der Waals surface area contributed by atoms with Gasteiger partial charge in [0.05, 0.1) is 13.7 Å². The monoisotopic (exact) mass is 144 g/mol. The number of ether oxygens (including phenoxy) is 1. The first kappa shape index (κ1) is 7.50. The summed E-state index contributed by atoms with van der Waals surface area (Å²) in [5.41, 5.74) is 5.49. The Hall–Kier alpha value is -0.610. The molecule has 0 atom stereocenters. The van der Waals surface area contributed by atoms with Crippen molar-refractivity contribution < 1.29 is 9.53 Å². The molecule has 0 radical (unpaired) electrons. The normalized spacial score (nSPS) is 20.2. The Morgan fingerprint density at radius 3 is 2.80 bits per heavy atom. The van der Waals surface area contributed by atoms with E-state index in [9.17, 15) is 4.79 Å². The molecular weight excluding hydrogens is 132 g/mol. The van der Waals surface area contributed by atoms with Gasteiger partial charge in [-0.3, -0.25) is 9.69 Å². The van der Waals surface area contributed by atoms with Crippen molar-refractivity contribution in [3.05, 3.63) is 0 Å². The second-order valence-corrected chi connectivity index (χ2v) is 2.53. The number of carbonyl (C=O) groups is 1. The first-order chi connectivity index (χ1) is 4.72. The fourth-order valence-electron chi connectivity index (χ4n) is 0.986. The summed E-state index contributed by atoms with van der Waals surface area (Å²) in [6.07, 6.45) is 0. The minimum absolute atomic E-state index is 0.188. The Balaban J connectivity index is 2.10. The van der Waals surface area contributed by atoms with Crippen LogP contribution in [-0.2, 0) is 9.53 Å². The van der Waals surface area contributed by atoms with Crippen LogP contribution < -0.4 is 5.73 Å². The maximum atomic E-state index is 10.6. The van der Waals surface area contributed by atoms with Gasteiger partial charge in [-0.1, -0.05) is 0 Å². The number of likely N-dealkylation sites (tertiary alicyclic amines) is 1. The highest BCUT2D eigenvalue weighted by Crippen LogP contribution is 2.03. The average molecular weight is 144 g/mol. The zero-order valence-corrected chi connectivity index (χ0v) is 6.04. The SMILES string of the molecule is COC(=O)CN1CC(N)C1. The van der Waals surface area contributed by atoms with Crippen molar-refractivity contribution >= 4 is 5.97 Å². The van der Waals surface area contributed by atoms with E-state index in [1.54, 1.807) is 0 Å². The van der Waals surface area contributed by atoms with Crippen LogP contribution in [0.2, 0.25) is 0 Å². The van der Waals surface area contributed by atoms with Crippen molar-refractivity contribution in [1.29, 1.82) is 0 Å². The largest absolute Gasteiger partial charge is 0.468 e. The maximum absolute atomic E-state index is 10.6. The minimum atomic E-state index is -0.188. The van der Waals surface area contributed by atoms with E-state index in [-0.39, 0.29) is 12.0 Å². The molecule has 2 N–H and O–H groups in total. The summed E-state index contributed by atoms with van der Waals surface area (Å²) >= 11 is 0. The van der Waals surface area contributed by atoms with Gasteiger partial charge >= 0.3 is 5.97 Å². The molecule has 0 aliphatic carbocycles. The van der Waals surface area contributed by atoms with Crippen LogP contribution in [0.3, 0.4) is 0 Å². The van der Waals surface area contributed by atoms with E-state index < -0.39 is 0 Å². The molecule has 1 saturated heterocycles. The first-order valence-corrected chi connectivity index (χ1v) is 3.27. The van der Waals surface area contributed by atoms with Crippen LogP contribution in [0.15, 0.2) is 0 Å². The molecular formula is C6H12N2O2. The van der Waals surface area contributed by atoms with Crippen molar-refractivity contribution in [1.82, 2.24) is 4.90 Å². The topological polar surface area (TPSA) is 55.6 Å². The smallest absolute Gasteiger partial charge is 0.319 e. The van der Waals surface area contributed by atoms with E-state index in [4.69, 9.17) is 5.73 Å². The lowest BCUT2D eigenvalue weighted by Gasteiger charge is -2.35. The number of esters is 1. The zero-order valence-electron chi connectivity index (χ0n) is 6.04. The van der Waals surface area contributed by atoms with Crippen LogP contribution in [0.4, 0.5) is 0 Å². The Bertz CT molecular complexity index is 132. The molecule has 0 unspecified atom stereocenters. The van der Waals surface area contributed by atoms with Gasteiger partial charge in [-0.2, -0.15) is 0 Å². The van der Waals surface area contributed by atoms with E-state index in [2.05, 4.69) is 4.74 Å². The number of hydrogen-bond donors (Lipinski definition) is 1. The molecule has 58 valence electrons. The van der Waals surface area contributed by atoms with Crippen molar-refractivity contribution in [2.75, 3.05) is 26.7 Å². The van der Waals surface area contributed by atoms with Crippen molar-refractivity contribution in [3.8, 4) is 0 Å². The number of carbonyl (C=O) groups excluding carboxylic acids is 1. The molecule has 0 aromatic heterocycles. The molecule has 0 saturated carbocycles. The number of rotatable bonds is 2. The predicted molar refractivity (Wildman–Crippen MR) is 36.4 cm³/mol. The highest BCUT2D eigenvalue weighted by Gasteiger charge is 2.24. The minimum Gasteiger partial charge on any atom is -0.468 e. The summed E-state index contributed by atoms with van der Waals surface area (Å²) in [4.78, 5) is 12.6. The van der Waals surface area contributed by atoms with E-state index in [1.807, 2.05) is 4.90 Å². The Kier molecular flexibility index (Phi) is 2.24. The van der Waals surface area contributed by atoms with E-state index >= 15 is 0 Å². The number of hydrogen-bond acceptors (Lipinski definition) is 4. The van der Waals surface area contributed by atoms with Crippen LogP contribution in [-0.4, -0.2) is 43.7 Å². The Labute approximate surface area is 59.9 Å². The summed E-state index contributed by atoms with van der Waals surface area (Å²) in [6.45, 7) is 2.01. The second-order valence-electron chi connectivity index (χ2n) is 2.53. The fraction of sp³-hybridized carbons (Fsp3) is 0.833. The van der Waals surface area contributed by atoms with Gasteiger partial charge in [-0.15, -0.1) is 0 Å². The average Bonchev–Trinajstić information content (AvgIpc) is 1.84. The molecule has 0 bridgehead atoms. The lowest BCUT2D eigenvalue weighted by Crippen LogP contribution is -2.56. The summed E-state index contributed by atoms with van der Waals surface area (Å²) in [7, 11) is 1.39. The van der Waals surface area contributed by atoms with Gasteiger partial charge in [0.1, 0.15) is 0 Å². The first-order valence-electron chi connectivity index (χ1n) is 3.27. The molecule has 1 fully saturated rings. The van der Waals surface area contributed by atoms with Crippen LogP contribution >= 0.6 is 0 Å². The lowest BCUT2D eigenvalue weighted by molar-refractivity contribution is -0.143. The molecule has 0 amide bonds. The molecule has 0 spiro atoms. The standard InChI is InChI=1S/C6H12N2O2/c1-10-6(9)4-8-2-5(7)3-8/h5H,2-4,7H2,1H3. The number of nitrogens with two attached hydrogens (primary N) is 1. The van der Waals surface area contributed by atoms with Crippen LogP contribution in [0, 0.1) is 0 Å². The molecule has 1 heterocycles. The third-order valence-electron chi connectivity index (χ3n) is 1.57. The molecule has 10 heavy (non-hydrogen) atoms. The van der Waals surface area contributed by atoms with Crippen LogP contribution in [0.25, 0.3) is 0 Å². The Morgan fingerprint density at radius 2 is 2.40 bits per heavy atom. The van der Waals surface area contributed by atoms with Crippen LogP contribution in [0.5, 0.6) is 0 Å². The van der Waals surface area contributed by atoms with Gasteiger partial charge < -0.3 is 10.5 Å². The zero-order chi connectivity index (χ0) is 7.56. The third-order valence-corrected chi connectivity index (χ3v) is 1.57. The highest BCUT2D eigenvalue weighted by molar-refractivity contribution is 5.71. The van der Waals surface area contributed by atoms with Crippen molar-refractivity contribution in [3.63, 3.8) is 0 Å². The molecule has 1 rings (SSSR count). The molecule has 0 aromatic rings. The summed E-state index contributed by atoms with van der Waals surface area (Å²) in [5, 5.41) is 0. The summed E-state index contributed by atoms with van der Waals surface area (Å²) < 4.78 is 4.47. The molecule has 1 aliphatic heterocycles. The van der Waals surface area contributed by atoms with Crippen molar-refractivity contribution in [2.24, 2.45) is 5.73 Å². The van der Waals surface area contributed by atoms with Gasteiger partial charge in [0.2, 0.25) is 0 Å². The number of nitrogens with zero attached hydrogens (tertiary/aromatic N) is 1. The van der Waals surface area contributed by atoms with Gasteiger partial charge in [0.15, 0.2) is 0 Å². The van der Waals surface area contributed by atoms with Gasteiger partial charge in [-0.25, -0.2) is 0 Å². The van der Waals surface area contributed by atoms with E-state index in [0.29, 0.717) is 6.54 Å². The summed E-state index contributed by atoms with van der Waals surface area (Å²) in [5.74, 6) is -0.188. The second kappa shape index (κ2) is 2.98. The van der Waals surface area contributed by atoms with Crippen LogP contribution in [0.1, 0.15) is 0 Å². The molecule has 4 nitrogen and oxygen atoms in total. The summed E-state index contributed by atoms with van der Waals surface area (Å²) in [6, 6.07) is 0.254. The fourth-order valence-corrected chi connectivity index (χ4v) is 0.986. The quantitative estimate of drug-likeness (QED) is 0.495. The van der Waals surface area contributed by atoms with Gasteiger partial charge in [0.25, 0.3) is 0 Å². The molecule has 1 aliphatic rings.